The van der Waals surface area contributed by atoms with E-state index in [9.17, 15) is 9.59 Å². The molecule has 0 aliphatic heterocycles. The van der Waals surface area contributed by atoms with Crippen molar-refractivity contribution in [2.75, 3.05) is 19.7 Å². The summed E-state index contributed by atoms with van der Waals surface area (Å²) in [5.74, 6) is -0.319. The van der Waals surface area contributed by atoms with Crippen molar-refractivity contribution in [1.82, 2.24) is 4.90 Å². The third-order valence-electron chi connectivity index (χ3n) is 3.21. The van der Waals surface area contributed by atoms with E-state index in [0.29, 0.717) is 30.4 Å². The summed E-state index contributed by atoms with van der Waals surface area (Å²) in [6, 6.07) is 6.96. The van der Waals surface area contributed by atoms with Gasteiger partial charge in [-0.25, -0.2) is 0 Å². The van der Waals surface area contributed by atoms with Gasteiger partial charge in [-0.2, -0.15) is 0 Å². The smallest absolute Gasteiger partial charge is 0.323 e. The average molecular weight is 277 g/mol. The number of benzene rings is 1. The molecule has 1 fully saturated rings. The average Bonchev–Trinajstić information content (AvgIpc) is 3.22. The third-order valence-corrected chi connectivity index (χ3v) is 3.21. The van der Waals surface area contributed by atoms with Gasteiger partial charge in [0.15, 0.2) is 0 Å². The number of nitrogens with zero attached hydrogens (tertiary/aromatic N) is 1. The van der Waals surface area contributed by atoms with Crippen LogP contribution in [0, 0.1) is 5.92 Å². The number of ether oxygens (including phenoxy) is 1. The highest BCUT2D eigenvalue weighted by atomic mass is 16.5. The van der Waals surface area contributed by atoms with Crippen LogP contribution in [-0.4, -0.2) is 41.6 Å². The fourth-order valence-electron chi connectivity index (χ4n) is 2.09. The van der Waals surface area contributed by atoms with Gasteiger partial charge in [0.2, 0.25) is 0 Å². The minimum Gasteiger partial charge on any atom is -0.493 e. The number of amides is 1. The highest BCUT2D eigenvalue weighted by Crippen LogP contribution is 2.30. The van der Waals surface area contributed by atoms with Crippen LogP contribution in [0.5, 0.6) is 5.75 Å². The summed E-state index contributed by atoms with van der Waals surface area (Å²) in [5.41, 5.74) is 0.427. The summed E-state index contributed by atoms with van der Waals surface area (Å²) in [7, 11) is 0. The molecule has 1 aliphatic carbocycles. The van der Waals surface area contributed by atoms with Gasteiger partial charge < -0.3 is 14.7 Å². The number of carbonyl (C=O) groups excluding carboxylic acids is 1. The van der Waals surface area contributed by atoms with Crippen LogP contribution in [0.3, 0.4) is 0 Å². The van der Waals surface area contributed by atoms with Gasteiger partial charge in [0.05, 0.1) is 12.2 Å². The number of para-hydroxylation sites is 1. The van der Waals surface area contributed by atoms with Crippen LogP contribution in [-0.2, 0) is 4.79 Å². The van der Waals surface area contributed by atoms with E-state index in [2.05, 4.69) is 0 Å². The van der Waals surface area contributed by atoms with E-state index < -0.39 is 5.97 Å². The van der Waals surface area contributed by atoms with Crippen molar-refractivity contribution in [2.24, 2.45) is 5.92 Å². The molecule has 1 N–H and O–H groups in total. The lowest BCUT2D eigenvalue weighted by atomic mass is 10.1. The molecular formula is C15H19NO4. The van der Waals surface area contributed by atoms with Gasteiger partial charge in [0, 0.05) is 6.54 Å². The second kappa shape index (κ2) is 6.41. The van der Waals surface area contributed by atoms with Crippen molar-refractivity contribution < 1.29 is 19.4 Å². The van der Waals surface area contributed by atoms with Crippen LogP contribution in [0.2, 0.25) is 0 Å². The van der Waals surface area contributed by atoms with E-state index in [4.69, 9.17) is 9.84 Å². The van der Waals surface area contributed by atoms with Crippen molar-refractivity contribution in [3.05, 3.63) is 29.8 Å². The molecule has 0 saturated heterocycles. The van der Waals surface area contributed by atoms with Crippen LogP contribution in [0.15, 0.2) is 24.3 Å². The molecule has 1 aromatic carbocycles. The molecule has 5 nitrogen and oxygen atoms in total. The Kier molecular flexibility index (Phi) is 4.61. The van der Waals surface area contributed by atoms with E-state index in [-0.39, 0.29) is 12.5 Å². The standard InChI is InChI=1S/C15H19NO4/c1-2-20-13-6-4-3-5-12(13)15(19)16(10-14(17)18)9-11-7-8-11/h3-6,11H,2,7-10H2,1H3,(H,17,18). The van der Waals surface area contributed by atoms with Crippen molar-refractivity contribution in [1.29, 1.82) is 0 Å². The fraction of sp³-hybridized carbons (Fsp3) is 0.467. The molecule has 0 unspecified atom stereocenters. The molecule has 20 heavy (non-hydrogen) atoms. The summed E-state index contributed by atoms with van der Waals surface area (Å²) in [6.45, 7) is 2.55. The van der Waals surface area contributed by atoms with E-state index in [1.807, 2.05) is 6.92 Å². The summed E-state index contributed by atoms with van der Waals surface area (Å²) in [6.07, 6.45) is 2.13. The molecule has 1 aromatic rings. The summed E-state index contributed by atoms with van der Waals surface area (Å²) in [5, 5.41) is 8.96. The van der Waals surface area contributed by atoms with Crippen molar-refractivity contribution >= 4 is 11.9 Å². The van der Waals surface area contributed by atoms with E-state index in [0.717, 1.165) is 12.8 Å². The molecule has 108 valence electrons. The molecule has 1 amide bonds. The summed E-state index contributed by atoms with van der Waals surface area (Å²) < 4.78 is 5.44. The van der Waals surface area contributed by atoms with E-state index in [1.54, 1.807) is 24.3 Å². The van der Waals surface area contributed by atoms with Gasteiger partial charge in [0.25, 0.3) is 5.91 Å². The molecule has 0 aromatic heterocycles. The molecule has 2 rings (SSSR count). The third kappa shape index (κ3) is 3.73. The highest BCUT2D eigenvalue weighted by Gasteiger charge is 2.29. The maximum atomic E-state index is 12.5. The molecule has 0 heterocycles. The van der Waals surface area contributed by atoms with Gasteiger partial charge in [-0.1, -0.05) is 12.1 Å². The zero-order valence-corrected chi connectivity index (χ0v) is 11.5. The maximum absolute atomic E-state index is 12.5. The zero-order chi connectivity index (χ0) is 14.5. The highest BCUT2D eigenvalue weighted by molar-refractivity contribution is 5.98. The Bertz CT molecular complexity index is 496. The van der Waals surface area contributed by atoms with Gasteiger partial charge in [-0.15, -0.1) is 0 Å². The van der Waals surface area contributed by atoms with Gasteiger partial charge in [0.1, 0.15) is 12.3 Å². The first kappa shape index (κ1) is 14.4. The molecule has 0 radical (unpaired) electrons. The van der Waals surface area contributed by atoms with Crippen molar-refractivity contribution in [3.8, 4) is 5.75 Å². The molecule has 5 heteroatoms. The number of hydrogen-bond donors (Lipinski definition) is 1. The Morgan fingerprint density at radius 1 is 1.35 bits per heavy atom. The monoisotopic (exact) mass is 277 g/mol. The Balaban J connectivity index is 2.18. The second-order valence-electron chi connectivity index (χ2n) is 4.95. The van der Waals surface area contributed by atoms with Crippen LogP contribution < -0.4 is 4.74 Å². The Hall–Kier alpha value is -2.04. The molecule has 0 spiro atoms. The van der Waals surface area contributed by atoms with Crippen molar-refractivity contribution in [2.45, 2.75) is 19.8 Å². The Morgan fingerprint density at radius 3 is 2.65 bits per heavy atom. The number of carbonyl (C=O) groups is 2. The van der Waals surface area contributed by atoms with Crippen LogP contribution >= 0.6 is 0 Å². The molecule has 0 atom stereocenters. The lowest BCUT2D eigenvalue weighted by Gasteiger charge is -2.21. The Morgan fingerprint density at radius 2 is 2.05 bits per heavy atom. The number of carboxylic acids is 1. The summed E-state index contributed by atoms with van der Waals surface area (Å²) in [4.78, 5) is 24.9. The predicted molar refractivity (Wildman–Crippen MR) is 73.9 cm³/mol. The first-order valence-electron chi connectivity index (χ1n) is 6.84. The maximum Gasteiger partial charge on any atom is 0.323 e. The second-order valence-corrected chi connectivity index (χ2v) is 4.95. The molecule has 1 saturated carbocycles. The molecule has 1 aliphatic rings. The SMILES string of the molecule is CCOc1ccccc1C(=O)N(CC(=O)O)CC1CC1. The first-order chi connectivity index (χ1) is 9.61. The minimum absolute atomic E-state index is 0.268. The van der Waals surface area contributed by atoms with Gasteiger partial charge >= 0.3 is 5.97 Å². The topological polar surface area (TPSA) is 66.8 Å². The quantitative estimate of drug-likeness (QED) is 0.828. The minimum atomic E-state index is -0.993. The normalized spacial score (nSPS) is 13.8. The van der Waals surface area contributed by atoms with E-state index >= 15 is 0 Å². The fourth-order valence-corrected chi connectivity index (χ4v) is 2.09. The summed E-state index contributed by atoms with van der Waals surface area (Å²) >= 11 is 0. The lowest BCUT2D eigenvalue weighted by molar-refractivity contribution is -0.137. The number of aliphatic carboxylic acids is 1. The molecular weight excluding hydrogens is 258 g/mol. The number of rotatable bonds is 7. The van der Waals surface area contributed by atoms with E-state index in [1.165, 1.54) is 4.90 Å². The van der Waals surface area contributed by atoms with Crippen LogP contribution in [0.25, 0.3) is 0 Å². The Labute approximate surface area is 118 Å². The lowest BCUT2D eigenvalue weighted by Crippen LogP contribution is -2.37. The predicted octanol–water partition coefficient (Wildman–Crippen LogP) is 2.02. The van der Waals surface area contributed by atoms with Crippen LogP contribution in [0.1, 0.15) is 30.1 Å². The number of carboxylic acid groups (broad SMARTS) is 1. The van der Waals surface area contributed by atoms with Gasteiger partial charge in [-0.05, 0) is 37.8 Å². The zero-order valence-electron chi connectivity index (χ0n) is 11.5. The molecule has 0 bridgehead atoms. The van der Waals surface area contributed by atoms with Gasteiger partial charge in [-0.3, -0.25) is 9.59 Å². The number of hydrogen-bond acceptors (Lipinski definition) is 3. The largest absolute Gasteiger partial charge is 0.493 e. The first-order valence-corrected chi connectivity index (χ1v) is 6.84. The van der Waals surface area contributed by atoms with Crippen molar-refractivity contribution in [3.63, 3.8) is 0 Å². The van der Waals surface area contributed by atoms with Crippen LogP contribution in [0.4, 0.5) is 0 Å².